The van der Waals surface area contributed by atoms with Gasteiger partial charge in [0.25, 0.3) is 5.91 Å². The number of nitrogens with zero attached hydrogens (tertiary/aromatic N) is 4. The molecule has 6 nitrogen and oxygen atoms in total. The molecule has 6 heteroatoms. The molecular formula is C21H17N5O. The topological polar surface area (TPSA) is 64.2 Å². The molecule has 27 heavy (non-hydrogen) atoms. The Balaban J connectivity index is 1.47. The second kappa shape index (κ2) is 7.53. The summed E-state index contributed by atoms with van der Waals surface area (Å²) in [5.41, 5.74) is 5.67. The molecular weight excluding hydrogens is 338 g/mol. The van der Waals surface area contributed by atoms with Crippen LogP contribution in [-0.4, -0.2) is 26.5 Å². The average molecular weight is 355 g/mol. The fourth-order valence-corrected chi connectivity index (χ4v) is 2.74. The standard InChI is InChI=1S/C21H17N5O/c27-21(19-10-4-5-11-20(19)25-12-6-7-13-25)24-22-14-17-15-23-26(16-17)18-8-2-1-3-9-18/h1-16H,(H,24,27)/b22-14-. The van der Waals surface area contributed by atoms with Crippen LogP contribution in [0.4, 0.5) is 0 Å². The molecule has 4 rings (SSSR count). The summed E-state index contributed by atoms with van der Waals surface area (Å²) in [5.74, 6) is -0.272. The molecule has 0 aliphatic carbocycles. The maximum Gasteiger partial charge on any atom is 0.273 e. The molecule has 0 aliphatic rings. The smallest absolute Gasteiger partial charge is 0.273 e. The molecule has 132 valence electrons. The van der Waals surface area contributed by atoms with Crippen LogP contribution in [0.1, 0.15) is 15.9 Å². The van der Waals surface area contributed by atoms with Crippen molar-refractivity contribution in [1.29, 1.82) is 0 Å². The summed E-state index contributed by atoms with van der Waals surface area (Å²) in [5, 5.41) is 8.36. The van der Waals surface area contributed by atoms with Crippen LogP contribution in [0, 0.1) is 0 Å². The fraction of sp³-hybridized carbons (Fsp3) is 0. The summed E-state index contributed by atoms with van der Waals surface area (Å²) >= 11 is 0. The number of hydrazone groups is 1. The Kier molecular flexibility index (Phi) is 4.61. The van der Waals surface area contributed by atoms with Crippen LogP contribution in [0.5, 0.6) is 0 Å². The molecule has 0 unspecified atom stereocenters. The van der Waals surface area contributed by atoms with E-state index in [-0.39, 0.29) is 5.91 Å². The number of rotatable bonds is 5. The van der Waals surface area contributed by atoms with E-state index in [2.05, 4.69) is 15.6 Å². The van der Waals surface area contributed by atoms with Crippen molar-refractivity contribution < 1.29 is 4.79 Å². The average Bonchev–Trinajstić information content (AvgIpc) is 3.41. The molecule has 2 heterocycles. The minimum absolute atomic E-state index is 0.272. The highest BCUT2D eigenvalue weighted by molar-refractivity contribution is 5.98. The van der Waals surface area contributed by atoms with Gasteiger partial charge in [-0.1, -0.05) is 30.3 Å². The summed E-state index contributed by atoms with van der Waals surface area (Å²) in [6.07, 6.45) is 8.90. The van der Waals surface area contributed by atoms with Gasteiger partial charge >= 0.3 is 0 Å². The maximum absolute atomic E-state index is 12.5. The molecule has 0 fully saturated rings. The minimum atomic E-state index is -0.272. The SMILES string of the molecule is O=C(N/N=C\c1cnn(-c2ccccc2)c1)c1ccccc1-n1cccc1. The predicted molar refractivity (Wildman–Crippen MR) is 104 cm³/mol. The first-order chi connectivity index (χ1) is 13.3. The van der Waals surface area contributed by atoms with Crippen molar-refractivity contribution in [1.82, 2.24) is 19.8 Å². The van der Waals surface area contributed by atoms with Crippen molar-refractivity contribution in [2.24, 2.45) is 5.10 Å². The highest BCUT2D eigenvalue weighted by Crippen LogP contribution is 2.14. The number of hydrogen-bond donors (Lipinski definition) is 1. The van der Waals surface area contributed by atoms with Gasteiger partial charge in [-0.15, -0.1) is 0 Å². The van der Waals surface area contributed by atoms with Crippen molar-refractivity contribution in [2.75, 3.05) is 0 Å². The van der Waals surface area contributed by atoms with Crippen LogP contribution >= 0.6 is 0 Å². The van der Waals surface area contributed by atoms with Crippen molar-refractivity contribution in [3.8, 4) is 11.4 Å². The lowest BCUT2D eigenvalue weighted by molar-refractivity contribution is 0.0955. The van der Waals surface area contributed by atoms with E-state index in [0.717, 1.165) is 16.9 Å². The molecule has 0 atom stereocenters. The van der Waals surface area contributed by atoms with E-state index in [9.17, 15) is 4.79 Å². The van der Waals surface area contributed by atoms with E-state index in [1.165, 1.54) is 0 Å². The maximum atomic E-state index is 12.5. The van der Waals surface area contributed by atoms with E-state index in [0.29, 0.717) is 5.56 Å². The van der Waals surface area contributed by atoms with Gasteiger partial charge in [0.1, 0.15) is 0 Å². The zero-order valence-corrected chi connectivity index (χ0v) is 14.4. The quantitative estimate of drug-likeness (QED) is 0.440. The van der Waals surface area contributed by atoms with Gasteiger partial charge in [-0.25, -0.2) is 10.1 Å². The number of carbonyl (C=O) groups is 1. The minimum Gasteiger partial charge on any atom is -0.323 e. The number of carbonyl (C=O) groups excluding carboxylic acids is 1. The lowest BCUT2D eigenvalue weighted by Crippen LogP contribution is -2.19. The summed E-state index contributed by atoms with van der Waals surface area (Å²) in [4.78, 5) is 12.5. The highest BCUT2D eigenvalue weighted by atomic mass is 16.2. The molecule has 0 aliphatic heterocycles. The zero-order valence-electron chi connectivity index (χ0n) is 14.4. The third-order valence-corrected chi connectivity index (χ3v) is 4.03. The Morgan fingerprint density at radius 1 is 0.963 bits per heavy atom. The van der Waals surface area contributed by atoms with Crippen LogP contribution in [0.15, 0.2) is 96.6 Å². The Labute approximate surface area is 156 Å². The van der Waals surface area contributed by atoms with Crippen molar-refractivity contribution in [2.45, 2.75) is 0 Å². The number of benzene rings is 2. The second-order valence-electron chi connectivity index (χ2n) is 5.86. The van der Waals surface area contributed by atoms with E-state index in [1.54, 1.807) is 23.2 Å². The summed E-state index contributed by atoms with van der Waals surface area (Å²) in [6, 6.07) is 21.0. The van der Waals surface area contributed by atoms with Gasteiger partial charge in [-0.3, -0.25) is 4.79 Å². The molecule has 2 aromatic heterocycles. The number of aromatic nitrogens is 3. The number of amides is 1. The molecule has 2 aromatic carbocycles. The van der Waals surface area contributed by atoms with E-state index >= 15 is 0 Å². The Morgan fingerprint density at radius 2 is 1.70 bits per heavy atom. The number of nitrogens with one attached hydrogen (secondary N) is 1. The zero-order chi connectivity index (χ0) is 18.5. The first-order valence-corrected chi connectivity index (χ1v) is 8.47. The van der Waals surface area contributed by atoms with Crippen LogP contribution in [0.25, 0.3) is 11.4 Å². The first kappa shape index (κ1) is 16.5. The highest BCUT2D eigenvalue weighted by Gasteiger charge is 2.11. The third kappa shape index (κ3) is 3.69. The monoisotopic (exact) mass is 355 g/mol. The van der Waals surface area contributed by atoms with Crippen molar-refractivity contribution in [3.63, 3.8) is 0 Å². The van der Waals surface area contributed by atoms with Crippen LogP contribution in [0.2, 0.25) is 0 Å². The lowest BCUT2D eigenvalue weighted by Gasteiger charge is -2.08. The Morgan fingerprint density at radius 3 is 2.52 bits per heavy atom. The van der Waals surface area contributed by atoms with E-state index < -0.39 is 0 Å². The van der Waals surface area contributed by atoms with Crippen LogP contribution < -0.4 is 5.43 Å². The van der Waals surface area contributed by atoms with Gasteiger partial charge in [0, 0.05) is 24.2 Å². The van der Waals surface area contributed by atoms with Gasteiger partial charge in [-0.2, -0.15) is 10.2 Å². The molecule has 0 radical (unpaired) electrons. The molecule has 0 saturated heterocycles. The third-order valence-electron chi connectivity index (χ3n) is 4.03. The summed E-state index contributed by atoms with van der Waals surface area (Å²) < 4.78 is 3.65. The summed E-state index contributed by atoms with van der Waals surface area (Å²) in [6.45, 7) is 0. The normalized spacial score (nSPS) is 11.0. The predicted octanol–water partition coefficient (Wildman–Crippen LogP) is 3.43. The molecule has 1 amide bonds. The molecule has 0 bridgehead atoms. The van der Waals surface area contributed by atoms with Gasteiger partial charge in [-0.05, 0) is 36.4 Å². The van der Waals surface area contributed by atoms with Gasteiger partial charge in [0.2, 0.25) is 0 Å². The largest absolute Gasteiger partial charge is 0.323 e. The lowest BCUT2D eigenvalue weighted by atomic mass is 10.1. The van der Waals surface area contributed by atoms with Crippen molar-refractivity contribution >= 4 is 12.1 Å². The molecule has 0 saturated carbocycles. The van der Waals surface area contributed by atoms with Gasteiger partial charge < -0.3 is 4.57 Å². The number of para-hydroxylation sites is 2. The van der Waals surface area contributed by atoms with Gasteiger partial charge in [0.15, 0.2) is 0 Å². The fourth-order valence-electron chi connectivity index (χ4n) is 2.74. The Bertz CT molecular complexity index is 1060. The Hall–Kier alpha value is -3.93. The molecule has 1 N–H and O–H groups in total. The summed E-state index contributed by atoms with van der Waals surface area (Å²) in [7, 11) is 0. The molecule has 4 aromatic rings. The van der Waals surface area contributed by atoms with Crippen molar-refractivity contribution in [3.05, 3.63) is 103 Å². The van der Waals surface area contributed by atoms with Crippen LogP contribution in [0.3, 0.4) is 0 Å². The molecule has 0 spiro atoms. The van der Waals surface area contributed by atoms with E-state index in [4.69, 9.17) is 0 Å². The second-order valence-corrected chi connectivity index (χ2v) is 5.86. The van der Waals surface area contributed by atoms with Gasteiger partial charge in [0.05, 0.1) is 29.3 Å². The van der Waals surface area contributed by atoms with E-state index in [1.807, 2.05) is 83.8 Å². The first-order valence-electron chi connectivity index (χ1n) is 8.47. The number of hydrogen-bond acceptors (Lipinski definition) is 3. The van der Waals surface area contributed by atoms with Crippen LogP contribution in [-0.2, 0) is 0 Å².